The monoisotopic (exact) mass is 438 g/mol. The van der Waals surface area contributed by atoms with Crippen LogP contribution in [0.15, 0.2) is 91.1 Å². The molecule has 1 atom stereocenters. The molecule has 0 saturated carbocycles. The van der Waals surface area contributed by atoms with Gasteiger partial charge in [-0.05, 0) is 17.2 Å². The van der Waals surface area contributed by atoms with Crippen molar-refractivity contribution >= 4 is 5.91 Å². The average molecular weight is 439 g/mol. The molecule has 1 aromatic heterocycles. The maximum atomic E-state index is 12.9. The zero-order valence-corrected chi connectivity index (χ0v) is 18.3. The molecule has 0 bridgehead atoms. The van der Waals surface area contributed by atoms with Gasteiger partial charge in [0.05, 0.1) is 18.4 Å². The fourth-order valence-corrected chi connectivity index (χ4v) is 4.19. The number of nitrogens with one attached hydrogen (secondary N) is 2. The van der Waals surface area contributed by atoms with Crippen LogP contribution in [0.4, 0.5) is 0 Å². The number of amides is 1. The van der Waals surface area contributed by atoms with Crippen LogP contribution in [-0.4, -0.2) is 34.1 Å². The van der Waals surface area contributed by atoms with Crippen LogP contribution < -0.4 is 10.1 Å². The maximum Gasteiger partial charge on any atom is 0.234 e. The Balaban J connectivity index is 1.27. The minimum Gasteiger partial charge on any atom is -0.484 e. The highest BCUT2D eigenvalue weighted by Crippen LogP contribution is 2.31. The summed E-state index contributed by atoms with van der Waals surface area (Å²) in [7, 11) is 0. The number of carbonyl (C=O) groups is 1. The van der Waals surface area contributed by atoms with Gasteiger partial charge in [0.1, 0.15) is 11.9 Å². The van der Waals surface area contributed by atoms with Gasteiger partial charge in [-0.25, -0.2) is 0 Å². The molecule has 33 heavy (non-hydrogen) atoms. The molecule has 0 fully saturated rings. The highest BCUT2D eigenvalue weighted by molar-refractivity contribution is 5.78. The van der Waals surface area contributed by atoms with Crippen molar-refractivity contribution in [2.24, 2.45) is 0 Å². The van der Waals surface area contributed by atoms with Gasteiger partial charge < -0.3 is 10.1 Å². The highest BCUT2D eigenvalue weighted by atomic mass is 16.5. The summed E-state index contributed by atoms with van der Waals surface area (Å²) >= 11 is 0. The van der Waals surface area contributed by atoms with Crippen molar-refractivity contribution < 1.29 is 9.53 Å². The van der Waals surface area contributed by atoms with Gasteiger partial charge in [0.25, 0.3) is 0 Å². The molecule has 6 nitrogen and oxygen atoms in total. The van der Waals surface area contributed by atoms with Crippen LogP contribution in [0.25, 0.3) is 11.3 Å². The van der Waals surface area contributed by atoms with E-state index in [1.165, 1.54) is 0 Å². The Morgan fingerprint density at radius 2 is 1.73 bits per heavy atom. The molecular formula is C27H26N4O2. The fourth-order valence-electron chi connectivity index (χ4n) is 4.19. The number of H-pyrrole nitrogens is 1. The first-order valence-electron chi connectivity index (χ1n) is 11.1. The zero-order chi connectivity index (χ0) is 22.5. The number of hydrogen-bond acceptors (Lipinski definition) is 4. The molecule has 0 spiro atoms. The Bertz CT molecular complexity index is 1210. The van der Waals surface area contributed by atoms with Crippen LogP contribution in [0, 0.1) is 0 Å². The van der Waals surface area contributed by atoms with Gasteiger partial charge in [0, 0.05) is 30.8 Å². The summed E-state index contributed by atoms with van der Waals surface area (Å²) in [6.45, 7) is 2.00. The average Bonchev–Trinajstić information content (AvgIpc) is 3.25. The van der Waals surface area contributed by atoms with E-state index in [0.29, 0.717) is 26.2 Å². The lowest BCUT2D eigenvalue weighted by Gasteiger charge is -2.23. The van der Waals surface area contributed by atoms with Gasteiger partial charge in [-0.15, -0.1) is 0 Å². The van der Waals surface area contributed by atoms with E-state index in [2.05, 4.69) is 38.6 Å². The number of rotatable bonds is 6. The van der Waals surface area contributed by atoms with Crippen molar-refractivity contribution in [2.75, 3.05) is 13.1 Å². The van der Waals surface area contributed by atoms with Crippen molar-refractivity contribution in [1.29, 1.82) is 0 Å². The lowest BCUT2D eigenvalue weighted by molar-refractivity contribution is -0.122. The number of benzene rings is 3. The lowest BCUT2D eigenvalue weighted by Crippen LogP contribution is -2.38. The zero-order valence-electron chi connectivity index (χ0n) is 18.3. The van der Waals surface area contributed by atoms with Crippen molar-refractivity contribution in [3.05, 3.63) is 108 Å². The smallest absolute Gasteiger partial charge is 0.234 e. The van der Waals surface area contributed by atoms with Crippen molar-refractivity contribution in [2.45, 2.75) is 19.2 Å². The molecule has 2 N–H and O–H groups in total. The van der Waals surface area contributed by atoms with E-state index in [-0.39, 0.29) is 12.0 Å². The summed E-state index contributed by atoms with van der Waals surface area (Å²) in [6, 6.07) is 28.2. The third-order valence-electron chi connectivity index (χ3n) is 5.85. The number of hydrogen-bond donors (Lipinski definition) is 2. The second kappa shape index (κ2) is 9.71. The first kappa shape index (κ1) is 21.0. The SMILES string of the molecule is O=C(CN1Cc2ccccc2O[C@@H](c2ccccc2)C1)NCc1cn[nH]c1-c1ccccc1. The molecule has 0 unspecified atom stereocenters. The predicted octanol–water partition coefficient (Wildman–Crippen LogP) is 4.33. The molecule has 1 aliphatic heterocycles. The first-order chi connectivity index (χ1) is 16.3. The minimum atomic E-state index is -0.138. The summed E-state index contributed by atoms with van der Waals surface area (Å²) in [6.07, 6.45) is 1.63. The lowest BCUT2D eigenvalue weighted by atomic mass is 10.1. The van der Waals surface area contributed by atoms with Gasteiger partial charge in [-0.2, -0.15) is 5.10 Å². The Hall–Kier alpha value is -3.90. The Kier molecular flexibility index (Phi) is 6.17. The molecule has 1 amide bonds. The largest absolute Gasteiger partial charge is 0.484 e. The summed E-state index contributed by atoms with van der Waals surface area (Å²) in [5.41, 5.74) is 5.13. The third kappa shape index (κ3) is 4.96. The summed E-state index contributed by atoms with van der Waals surface area (Å²) < 4.78 is 6.35. The first-order valence-corrected chi connectivity index (χ1v) is 11.1. The Morgan fingerprint density at radius 1 is 1.00 bits per heavy atom. The third-order valence-corrected chi connectivity index (χ3v) is 5.85. The minimum absolute atomic E-state index is 0.0265. The molecule has 6 heteroatoms. The van der Waals surface area contributed by atoms with Gasteiger partial charge in [-0.3, -0.25) is 14.8 Å². The summed E-state index contributed by atoms with van der Waals surface area (Å²) in [5.74, 6) is 0.849. The second-order valence-corrected chi connectivity index (χ2v) is 8.21. The van der Waals surface area contributed by atoms with Crippen LogP contribution in [0.1, 0.15) is 22.8 Å². The number of para-hydroxylation sites is 1. The summed E-state index contributed by atoms with van der Waals surface area (Å²) in [5, 5.41) is 10.3. The number of ether oxygens (including phenoxy) is 1. The molecule has 166 valence electrons. The van der Waals surface area contributed by atoms with Crippen molar-refractivity contribution in [3.8, 4) is 17.0 Å². The Morgan fingerprint density at radius 3 is 2.55 bits per heavy atom. The quantitative estimate of drug-likeness (QED) is 0.470. The van der Waals surface area contributed by atoms with Crippen LogP contribution in [0.5, 0.6) is 5.75 Å². The van der Waals surface area contributed by atoms with Crippen molar-refractivity contribution in [1.82, 2.24) is 20.4 Å². The van der Waals surface area contributed by atoms with Crippen LogP contribution in [0.2, 0.25) is 0 Å². The van der Waals surface area contributed by atoms with E-state index in [1.54, 1.807) is 6.20 Å². The van der Waals surface area contributed by atoms with Crippen molar-refractivity contribution in [3.63, 3.8) is 0 Å². The molecule has 0 saturated heterocycles. The van der Waals surface area contributed by atoms with Crippen LogP contribution in [-0.2, 0) is 17.9 Å². The second-order valence-electron chi connectivity index (χ2n) is 8.21. The van der Waals surface area contributed by atoms with Gasteiger partial charge in [-0.1, -0.05) is 78.9 Å². The molecule has 4 aromatic rings. The van der Waals surface area contributed by atoms with Gasteiger partial charge >= 0.3 is 0 Å². The standard InChI is InChI=1S/C27H26N4O2/c32-26(28-15-23-16-29-30-27(23)21-11-5-2-6-12-21)19-31-17-22-13-7-8-14-24(22)33-25(18-31)20-9-3-1-4-10-20/h1-14,16,25H,15,17-19H2,(H,28,32)(H,29,30)/t25-/m1/s1. The normalized spacial score (nSPS) is 15.8. The van der Waals surface area contributed by atoms with Crippen LogP contribution in [0.3, 0.4) is 0 Å². The van der Waals surface area contributed by atoms with E-state index < -0.39 is 0 Å². The number of nitrogens with zero attached hydrogens (tertiary/aromatic N) is 2. The Labute approximate surface area is 193 Å². The molecule has 0 aliphatic carbocycles. The van der Waals surface area contributed by atoms with Crippen LogP contribution >= 0.6 is 0 Å². The number of aromatic amines is 1. The predicted molar refractivity (Wildman–Crippen MR) is 127 cm³/mol. The number of fused-ring (bicyclic) bond motifs is 1. The molecule has 2 heterocycles. The molecule has 0 radical (unpaired) electrons. The number of aromatic nitrogens is 2. The molecule has 5 rings (SSSR count). The fraction of sp³-hybridized carbons (Fsp3) is 0.185. The van der Waals surface area contributed by atoms with E-state index >= 15 is 0 Å². The maximum absolute atomic E-state index is 12.9. The topological polar surface area (TPSA) is 70.2 Å². The van der Waals surface area contributed by atoms with E-state index in [4.69, 9.17) is 4.74 Å². The molecule has 1 aliphatic rings. The highest BCUT2D eigenvalue weighted by Gasteiger charge is 2.25. The van der Waals surface area contributed by atoms with E-state index in [0.717, 1.165) is 33.7 Å². The van der Waals surface area contributed by atoms with E-state index in [9.17, 15) is 4.79 Å². The molecular weight excluding hydrogens is 412 g/mol. The number of carbonyl (C=O) groups excluding carboxylic acids is 1. The van der Waals surface area contributed by atoms with Gasteiger partial charge in [0.2, 0.25) is 5.91 Å². The summed E-state index contributed by atoms with van der Waals surface area (Å²) in [4.78, 5) is 15.0. The van der Waals surface area contributed by atoms with Gasteiger partial charge in [0.15, 0.2) is 0 Å². The van der Waals surface area contributed by atoms with E-state index in [1.807, 2.05) is 66.7 Å². The molecule has 3 aromatic carbocycles.